The van der Waals surface area contributed by atoms with Crippen LogP contribution in [0, 0.1) is 47.8 Å². The maximum Gasteiger partial charge on any atom is 0.550 e. The molecule has 0 spiro atoms. The van der Waals surface area contributed by atoms with Gasteiger partial charge < -0.3 is 9.47 Å². The number of ether oxygens (including phenoxy) is 2. The van der Waals surface area contributed by atoms with Gasteiger partial charge in [-0.3, -0.25) is 5.41 Å². The van der Waals surface area contributed by atoms with Crippen LogP contribution < -0.4 is 0 Å². The van der Waals surface area contributed by atoms with Gasteiger partial charge in [-0.2, -0.15) is 20.2 Å². The molecule has 0 bridgehead atoms. The zero-order valence-electron chi connectivity index (χ0n) is 26.6. The first-order valence-corrected chi connectivity index (χ1v) is 15.5. The molecule has 0 radical (unpaired) electrons. The van der Waals surface area contributed by atoms with E-state index in [9.17, 15) is 10.5 Å². The minimum Gasteiger partial charge on any atom is -0.494 e. The first kappa shape index (κ1) is 33.8. The average Bonchev–Trinajstić information content (AvgIpc) is 3.59. The van der Waals surface area contributed by atoms with E-state index < -0.39 is 11.2 Å². The predicted molar refractivity (Wildman–Crippen MR) is 185 cm³/mol. The second-order valence-electron chi connectivity index (χ2n) is 11.5. The fraction of sp³-hybridized carbons (Fsp3) is 0.175. The number of benzene rings is 2. The SMILES string of the molecule is [C-]#[N+]C([N+]#[C-])=C1OC(C)(c2ccccc2)C(/C=C/C2=C(Cl)C(=C/C=C3/C(C#N)=C(C(=C=N)C#N)OC3(C)c3ccccc3)/CCC2)=C1[N+]#[C-]. The fourth-order valence-corrected chi connectivity index (χ4v) is 6.45. The van der Waals surface area contributed by atoms with E-state index in [-0.39, 0.29) is 34.2 Å². The van der Waals surface area contributed by atoms with E-state index >= 15 is 0 Å². The number of halogens is 1. The van der Waals surface area contributed by atoms with Gasteiger partial charge in [0.1, 0.15) is 36.5 Å². The van der Waals surface area contributed by atoms with Crippen molar-refractivity contribution in [1.29, 1.82) is 15.9 Å². The van der Waals surface area contributed by atoms with Crippen LogP contribution in [0.3, 0.4) is 0 Å². The molecule has 2 heterocycles. The summed E-state index contributed by atoms with van der Waals surface area (Å²) in [5.41, 5.74) is 1.98. The number of nitrogens with zero attached hydrogens (tertiary/aromatic N) is 5. The smallest absolute Gasteiger partial charge is 0.494 e. The Morgan fingerprint density at radius 3 is 2.08 bits per heavy atom. The highest BCUT2D eigenvalue weighted by atomic mass is 35.5. The summed E-state index contributed by atoms with van der Waals surface area (Å²) in [5, 5.41) is 28.0. The van der Waals surface area contributed by atoms with Crippen molar-refractivity contribution in [3.05, 3.63) is 192 Å². The van der Waals surface area contributed by atoms with Gasteiger partial charge in [-0.05, 0) is 55.4 Å². The Balaban J connectivity index is 1.62. The minimum atomic E-state index is -1.13. The van der Waals surface area contributed by atoms with Crippen molar-refractivity contribution in [1.82, 2.24) is 0 Å². The van der Waals surface area contributed by atoms with Crippen LogP contribution >= 0.6 is 11.6 Å². The zero-order chi connectivity index (χ0) is 35.2. The number of allylic oxidation sites excluding steroid dienone is 7. The third kappa shape index (κ3) is 6.01. The van der Waals surface area contributed by atoms with Crippen molar-refractivity contribution >= 4 is 17.5 Å². The van der Waals surface area contributed by atoms with E-state index in [1.807, 2.05) is 92.7 Å². The highest BCUT2D eigenvalue weighted by Crippen LogP contribution is 2.49. The van der Waals surface area contributed by atoms with Crippen LogP contribution in [0.25, 0.3) is 14.5 Å². The van der Waals surface area contributed by atoms with E-state index in [0.717, 1.165) is 28.7 Å². The minimum absolute atomic E-state index is 0.00190. The lowest BCUT2D eigenvalue weighted by atomic mass is 9.84. The molecule has 8 nitrogen and oxygen atoms in total. The molecule has 49 heavy (non-hydrogen) atoms. The van der Waals surface area contributed by atoms with E-state index in [2.05, 4.69) is 26.5 Å². The molecule has 5 rings (SSSR count). The van der Waals surface area contributed by atoms with Gasteiger partial charge >= 0.3 is 5.82 Å². The molecular formula is C40H27ClN6O2. The van der Waals surface area contributed by atoms with E-state index in [0.29, 0.717) is 29.0 Å². The van der Waals surface area contributed by atoms with Crippen LogP contribution in [0.1, 0.15) is 44.2 Å². The summed E-state index contributed by atoms with van der Waals surface area (Å²) in [6.45, 7) is 26.6. The largest absolute Gasteiger partial charge is 0.550 e. The molecule has 1 N–H and O–H groups in total. The second kappa shape index (κ2) is 14.0. The van der Waals surface area contributed by atoms with E-state index in [1.54, 1.807) is 12.2 Å². The van der Waals surface area contributed by atoms with Gasteiger partial charge in [0.15, 0.2) is 16.9 Å². The molecule has 2 aromatic rings. The summed E-state index contributed by atoms with van der Waals surface area (Å²) in [4.78, 5) is 10.3. The van der Waals surface area contributed by atoms with Gasteiger partial charge in [0.05, 0.1) is 6.57 Å². The number of nitrogens with one attached hydrogen (secondary N) is 1. The Labute approximate surface area is 290 Å². The van der Waals surface area contributed by atoms with Crippen LogP contribution in [0.4, 0.5) is 0 Å². The summed E-state index contributed by atoms with van der Waals surface area (Å²) in [5.74, 6) is 1.74. The molecule has 0 saturated heterocycles. The highest BCUT2D eigenvalue weighted by molar-refractivity contribution is 6.32. The maximum atomic E-state index is 10.2. The third-order valence-electron chi connectivity index (χ3n) is 8.72. The van der Waals surface area contributed by atoms with Crippen molar-refractivity contribution in [2.45, 2.75) is 44.3 Å². The monoisotopic (exact) mass is 658 g/mol. The number of nitriles is 2. The van der Waals surface area contributed by atoms with Gasteiger partial charge in [0, 0.05) is 22.0 Å². The molecule has 0 saturated carbocycles. The molecule has 2 unspecified atom stereocenters. The predicted octanol–water partition coefficient (Wildman–Crippen LogP) is 9.62. The first-order chi connectivity index (χ1) is 23.7. The summed E-state index contributed by atoms with van der Waals surface area (Å²) in [6, 6.07) is 22.7. The Hall–Kier alpha value is -6.59. The zero-order valence-corrected chi connectivity index (χ0v) is 27.4. The molecule has 9 heteroatoms. The lowest BCUT2D eigenvalue weighted by molar-refractivity contribution is 0.0750. The molecular weight excluding hydrogens is 632 g/mol. The quantitative estimate of drug-likeness (QED) is 0.190. The van der Waals surface area contributed by atoms with Gasteiger partial charge in [-0.15, -0.1) is 0 Å². The van der Waals surface area contributed by atoms with Crippen molar-refractivity contribution in [2.75, 3.05) is 0 Å². The van der Waals surface area contributed by atoms with Crippen LogP contribution in [-0.2, 0) is 20.7 Å². The average molecular weight is 659 g/mol. The summed E-state index contributed by atoms with van der Waals surface area (Å²) >= 11 is 7.03. The first-order valence-electron chi connectivity index (χ1n) is 15.1. The molecule has 3 aliphatic rings. The van der Waals surface area contributed by atoms with Gasteiger partial charge in [0.2, 0.25) is 11.5 Å². The second-order valence-corrected chi connectivity index (χ2v) is 11.9. The van der Waals surface area contributed by atoms with Gasteiger partial charge in [-0.1, -0.05) is 96.6 Å². The van der Waals surface area contributed by atoms with Crippen LogP contribution in [-0.4, -0.2) is 5.87 Å². The summed E-state index contributed by atoms with van der Waals surface area (Å²) in [6.07, 6.45) is 9.38. The Bertz CT molecular complexity index is 2220. The lowest BCUT2D eigenvalue weighted by Gasteiger charge is -2.28. The van der Waals surface area contributed by atoms with Crippen molar-refractivity contribution in [3.63, 3.8) is 0 Å². The molecule has 0 aromatic heterocycles. The van der Waals surface area contributed by atoms with Gasteiger partial charge in [-0.25, -0.2) is 4.85 Å². The van der Waals surface area contributed by atoms with Crippen LogP contribution in [0.15, 0.2) is 146 Å². The normalized spacial score (nSPS) is 23.3. The molecule has 2 aromatic carbocycles. The summed E-state index contributed by atoms with van der Waals surface area (Å²) in [7, 11) is 0. The topological polar surface area (TPSA) is 103 Å². The molecule has 1 aliphatic carbocycles. The van der Waals surface area contributed by atoms with Crippen molar-refractivity contribution in [2.24, 2.45) is 0 Å². The molecule has 0 amide bonds. The Morgan fingerprint density at radius 2 is 1.53 bits per heavy atom. The van der Waals surface area contributed by atoms with Crippen molar-refractivity contribution < 1.29 is 9.47 Å². The summed E-state index contributed by atoms with van der Waals surface area (Å²) < 4.78 is 12.5. The highest BCUT2D eigenvalue weighted by Gasteiger charge is 2.46. The molecule has 236 valence electrons. The third-order valence-corrected chi connectivity index (χ3v) is 9.20. The standard InChI is InChI=1S/C40H27ClN6O2/c1-39(29-15-8-6-9-16-29)32(31(25-44)36(48-39)28(23-42)24-43)21-19-26-13-12-14-27(34(26)41)20-22-33-35(45-3)37(38(46-4)47-5)49-40(33,2)30-17-10-7-11-18-30/h6-11,15-22,42H,12-14H2,1-2H3/b22-20+,26-19+,32-21-. The lowest BCUT2D eigenvalue weighted by Crippen LogP contribution is -2.24. The molecule has 2 atom stereocenters. The maximum absolute atomic E-state index is 10.2. The van der Waals surface area contributed by atoms with Crippen LogP contribution in [0.2, 0.25) is 0 Å². The molecule has 2 aliphatic heterocycles. The van der Waals surface area contributed by atoms with E-state index in [4.69, 9.17) is 46.2 Å². The van der Waals surface area contributed by atoms with Crippen molar-refractivity contribution in [3.8, 4) is 12.1 Å². The number of rotatable bonds is 6. The molecule has 0 fully saturated rings. The Kier molecular flexibility index (Phi) is 9.67. The van der Waals surface area contributed by atoms with Gasteiger partial charge in [0.25, 0.3) is 0 Å². The number of hydrogen-bond acceptors (Lipinski definition) is 5. The van der Waals surface area contributed by atoms with E-state index in [1.165, 1.54) is 0 Å². The number of hydrogen-bond donors (Lipinski definition) is 1. The fourth-order valence-electron chi connectivity index (χ4n) is 6.14. The Morgan fingerprint density at radius 1 is 0.898 bits per heavy atom. The van der Waals surface area contributed by atoms with Crippen LogP contribution in [0.5, 0.6) is 0 Å².